The third-order valence-electron chi connectivity index (χ3n) is 6.02. The molecule has 126 valence electrons. The van der Waals surface area contributed by atoms with Crippen LogP contribution >= 0.6 is 23.2 Å². The average molecular weight is 348 g/mol. The standard InChI is InChI=1S/C17H28Cl2N2O/c1-11-3-6-17-20(8-11)9-12(2)21(17)10-16(22)13-4-5-14(18)15(19)7-13/h11-15,17H,3-10H2,1-2H3/p+1. The average Bonchev–Trinajstić information content (AvgIpc) is 2.77. The van der Waals surface area contributed by atoms with Crippen LogP contribution in [0.5, 0.6) is 0 Å². The van der Waals surface area contributed by atoms with Gasteiger partial charge in [0.2, 0.25) is 0 Å². The summed E-state index contributed by atoms with van der Waals surface area (Å²) in [4.78, 5) is 16.9. The van der Waals surface area contributed by atoms with Crippen LogP contribution in [0.3, 0.4) is 0 Å². The van der Waals surface area contributed by atoms with Gasteiger partial charge in [-0.2, -0.15) is 0 Å². The van der Waals surface area contributed by atoms with Gasteiger partial charge in [-0.1, -0.05) is 6.92 Å². The smallest absolute Gasteiger partial charge is 0.189 e. The zero-order valence-electron chi connectivity index (χ0n) is 13.7. The summed E-state index contributed by atoms with van der Waals surface area (Å²) in [7, 11) is 0. The van der Waals surface area contributed by atoms with E-state index in [2.05, 4.69) is 18.7 Å². The van der Waals surface area contributed by atoms with E-state index >= 15 is 0 Å². The van der Waals surface area contributed by atoms with Crippen LogP contribution in [0.2, 0.25) is 0 Å². The number of halogens is 2. The molecule has 5 heteroatoms. The zero-order valence-corrected chi connectivity index (χ0v) is 15.2. The van der Waals surface area contributed by atoms with E-state index in [1.54, 1.807) is 0 Å². The summed E-state index contributed by atoms with van der Waals surface area (Å²) in [5, 5.41) is 0.00138. The first-order valence-electron chi connectivity index (χ1n) is 8.86. The maximum absolute atomic E-state index is 12.7. The molecule has 0 radical (unpaired) electrons. The van der Waals surface area contributed by atoms with Crippen LogP contribution in [0.1, 0.15) is 46.0 Å². The first kappa shape index (κ1) is 17.0. The van der Waals surface area contributed by atoms with Crippen molar-refractivity contribution >= 4 is 29.0 Å². The summed E-state index contributed by atoms with van der Waals surface area (Å²) in [6, 6.07) is 0.565. The molecule has 7 unspecified atom stereocenters. The van der Waals surface area contributed by atoms with Crippen LogP contribution in [-0.4, -0.2) is 53.3 Å². The van der Waals surface area contributed by atoms with Gasteiger partial charge in [0.25, 0.3) is 0 Å². The minimum atomic E-state index is -0.0394. The van der Waals surface area contributed by atoms with Crippen molar-refractivity contribution in [3.8, 4) is 0 Å². The molecule has 0 aromatic carbocycles. The maximum Gasteiger partial charge on any atom is 0.189 e. The van der Waals surface area contributed by atoms with Gasteiger partial charge in [0.1, 0.15) is 12.7 Å². The van der Waals surface area contributed by atoms with Gasteiger partial charge >= 0.3 is 0 Å². The lowest BCUT2D eigenvalue weighted by Gasteiger charge is -2.35. The van der Waals surface area contributed by atoms with Crippen molar-refractivity contribution in [1.29, 1.82) is 0 Å². The van der Waals surface area contributed by atoms with Crippen LogP contribution in [0.4, 0.5) is 0 Å². The van der Waals surface area contributed by atoms with E-state index in [0.29, 0.717) is 24.5 Å². The predicted octanol–water partition coefficient (Wildman–Crippen LogP) is 1.92. The van der Waals surface area contributed by atoms with E-state index < -0.39 is 0 Å². The minimum Gasteiger partial charge on any atom is -0.310 e. The Kier molecular flexibility index (Phi) is 5.38. The van der Waals surface area contributed by atoms with E-state index in [4.69, 9.17) is 23.2 Å². The second-order valence-corrected chi connectivity index (χ2v) is 8.93. The van der Waals surface area contributed by atoms with Crippen molar-refractivity contribution in [2.45, 2.75) is 68.9 Å². The number of nitrogens with one attached hydrogen (secondary N) is 1. The molecule has 22 heavy (non-hydrogen) atoms. The number of carbonyl (C=O) groups excluding carboxylic acids is 1. The highest BCUT2D eigenvalue weighted by molar-refractivity contribution is 6.30. The quantitative estimate of drug-likeness (QED) is 0.789. The van der Waals surface area contributed by atoms with Gasteiger partial charge in [-0.3, -0.25) is 4.79 Å². The molecule has 0 amide bonds. The fourth-order valence-corrected chi connectivity index (χ4v) is 5.24. The molecule has 3 nitrogen and oxygen atoms in total. The summed E-state index contributed by atoms with van der Waals surface area (Å²) in [6.45, 7) is 7.66. The van der Waals surface area contributed by atoms with Gasteiger partial charge in [-0.25, -0.2) is 4.90 Å². The largest absolute Gasteiger partial charge is 0.310 e. The normalized spacial score (nSPS) is 46.5. The topological polar surface area (TPSA) is 24.8 Å². The van der Waals surface area contributed by atoms with E-state index in [9.17, 15) is 4.79 Å². The summed E-state index contributed by atoms with van der Waals surface area (Å²) >= 11 is 12.5. The Morgan fingerprint density at radius 1 is 1.09 bits per heavy atom. The zero-order chi connectivity index (χ0) is 15.9. The third kappa shape index (κ3) is 3.48. The van der Waals surface area contributed by atoms with Crippen LogP contribution in [0.15, 0.2) is 0 Å². The summed E-state index contributed by atoms with van der Waals surface area (Å²) < 4.78 is 0. The lowest BCUT2D eigenvalue weighted by molar-refractivity contribution is -0.932. The first-order chi connectivity index (χ1) is 10.5. The molecule has 1 N–H and O–H groups in total. The number of piperidine rings is 1. The van der Waals surface area contributed by atoms with Gasteiger partial charge in [-0.15, -0.1) is 23.2 Å². The monoisotopic (exact) mass is 347 g/mol. The molecule has 0 aromatic rings. The van der Waals surface area contributed by atoms with Crippen molar-refractivity contribution in [2.24, 2.45) is 11.8 Å². The first-order valence-corrected chi connectivity index (χ1v) is 9.73. The molecule has 2 aliphatic heterocycles. The van der Waals surface area contributed by atoms with Crippen molar-refractivity contribution < 1.29 is 9.69 Å². The van der Waals surface area contributed by atoms with Gasteiger partial charge in [-0.05, 0) is 38.5 Å². The van der Waals surface area contributed by atoms with Gasteiger partial charge in [0.15, 0.2) is 5.78 Å². The number of hydrogen-bond donors (Lipinski definition) is 1. The summed E-state index contributed by atoms with van der Waals surface area (Å²) in [5.41, 5.74) is 0. The van der Waals surface area contributed by atoms with Crippen LogP contribution in [0, 0.1) is 11.8 Å². The number of Topliss-reactive ketones (excluding diaryl/α,β-unsaturated/α-hetero) is 1. The number of fused-ring (bicyclic) bond motifs is 1. The molecule has 7 atom stereocenters. The van der Waals surface area contributed by atoms with E-state index in [1.165, 1.54) is 24.3 Å². The fraction of sp³-hybridized carbons (Fsp3) is 0.941. The lowest BCUT2D eigenvalue weighted by Crippen LogP contribution is -3.18. The highest BCUT2D eigenvalue weighted by atomic mass is 35.5. The molecular formula is C17H29Cl2N2O+. The number of alkyl halides is 2. The third-order valence-corrected chi connectivity index (χ3v) is 7.15. The molecule has 0 bridgehead atoms. The Morgan fingerprint density at radius 3 is 2.59 bits per heavy atom. The van der Waals surface area contributed by atoms with Crippen molar-refractivity contribution in [2.75, 3.05) is 19.6 Å². The Hall–Kier alpha value is 0.170. The molecule has 3 rings (SSSR count). The van der Waals surface area contributed by atoms with Crippen molar-refractivity contribution in [1.82, 2.24) is 4.90 Å². The number of rotatable bonds is 3. The number of nitrogens with zero attached hydrogens (tertiary/aromatic N) is 1. The van der Waals surface area contributed by atoms with Gasteiger partial charge < -0.3 is 4.90 Å². The molecule has 1 saturated carbocycles. The molecule has 2 saturated heterocycles. The molecular weight excluding hydrogens is 319 g/mol. The Bertz CT molecular complexity index is 419. The van der Waals surface area contributed by atoms with Crippen molar-refractivity contribution in [3.05, 3.63) is 0 Å². The number of quaternary nitrogens is 1. The molecule has 3 aliphatic rings. The van der Waals surface area contributed by atoms with Gasteiger partial charge in [0.05, 0.1) is 18.0 Å². The van der Waals surface area contributed by atoms with Crippen molar-refractivity contribution in [3.63, 3.8) is 0 Å². The minimum absolute atomic E-state index is 0.0394. The SMILES string of the molecule is CC1CCC2N(C1)CC(C)[NH+]2CC(=O)C1CCC(Cl)C(Cl)C1. The Balaban J connectivity index is 1.59. The van der Waals surface area contributed by atoms with Crippen LogP contribution in [0.25, 0.3) is 0 Å². The van der Waals surface area contributed by atoms with E-state index in [-0.39, 0.29) is 16.7 Å². The highest BCUT2D eigenvalue weighted by Gasteiger charge is 2.45. The lowest BCUT2D eigenvalue weighted by atomic mass is 9.85. The molecule has 1 aliphatic carbocycles. The molecule has 0 aromatic heterocycles. The maximum atomic E-state index is 12.7. The predicted molar refractivity (Wildman–Crippen MR) is 90.7 cm³/mol. The number of ketones is 1. The second kappa shape index (κ2) is 6.96. The number of carbonyl (C=O) groups is 1. The van der Waals surface area contributed by atoms with Gasteiger partial charge in [0, 0.05) is 24.3 Å². The fourth-order valence-electron chi connectivity index (χ4n) is 4.67. The molecule has 0 spiro atoms. The highest BCUT2D eigenvalue weighted by Crippen LogP contribution is 2.32. The van der Waals surface area contributed by atoms with Crippen LogP contribution in [-0.2, 0) is 4.79 Å². The molecule has 3 fully saturated rings. The van der Waals surface area contributed by atoms with E-state index in [1.807, 2.05) is 0 Å². The van der Waals surface area contributed by atoms with Crippen LogP contribution < -0.4 is 4.90 Å². The molecule has 2 heterocycles. The second-order valence-electron chi connectivity index (χ2n) is 7.81. The Labute approximate surface area is 144 Å². The summed E-state index contributed by atoms with van der Waals surface area (Å²) in [5.74, 6) is 1.35. The summed E-state index contributed by atoms with van der Waals surface area (Å²) in [6.07, 6.45) is 5.66. The van der Waals surface area contributed by atoms with E-state index in [0.717, 1.165) is 31.7 Å². The Morgan fingerprint density at radius 2 is 1.86 bits per heavy atom. The number of hydrogen-bond acceptors (Lipinski definition) is 2.